The maximum Gasteiger partial charge on any atom is 0.251 e. The molecule has 0 heterocycles. The van der Waals surface area contributed by atoms with Crippen molar-refractivity contribution in [3.63, 3.8) is 0 Å². The molecule has 0 saturated carbocycles. The fraction of sp³-hybridized carbons (Fsp3) is 0.240. The fourth-order valence-electron chi connectivity index (χ4n) is 2.81. The van der Waals surface area contributed by atoms with E-state index < -0.39 is 0 Å². The van der Waals surface area contributed by atoms with E-state index in [4.69, 9.17) is 4.74 Å². The van der Waals surface area contributed by atoms with Crippen molar-refractivity contribution in [2.75, 3.05) is 13.2 Å². The highest BCUT2D eigenvalue weighted by molar-refractivity contribution is 7.98. The van der Waals surface area contributed by atoms with Crippen LogP contribution < -0.4 is 10.1 Å². The average molecular weight is 406 g/mol. The van der Waals surface area contributed by atoms with Crippen LogP contribution in [0.4, 0.5) is 0 Å². The van der Waals surface area contributed by atoms with Crippen molar-refractivity contribution < 1.29 is 9.53 Å². The summed E-state index contributed by atoms with van der Waals surface area (Å²) in [6.07, 6.45) is 1.01. The maximum atomic E-state index is 12.3. The first-order chi connectivity index (χ1) is 14.1. The summed E-state index contributed by atoms with van der Waals surface area (Å²) in [7, 11) is 0. The summed E-state index contributed by atoms with van der Waals surface area (Å²) in [5.74, 6) is 1.63. The van der Waals surface area contributed by atoms with Gasteiger partial charge in [-0.2, -0.15) is 0 Å². The monoisotopic (exact) mass is 405 g/mol. The normalized spacial score (nSPS) is 10.6. The molecule has 0 aliphatic carbocycles. The predicted octanol–water partition coefficient (Wildman–Crippen LogP) is 5.66. The Balaban J connectivity index is 1.40. The first-order valence-electron chi connectivity index (χ1n) is 9.92. The Bertz CT molecular complexity index is 903. The van der Waals surface area contributed by atoms with Gasteiger partial charge in [-0.15, -0.1) is 11.8 Å². The number of nitrogens with one attached hydrogen (secondary N) is 1. The van der Waals surface area contributed by atoms with Crippen LogP contribution in [0.3, 0.4) is 0 Å². The summed E-state index contributed by atoms with van der Waals surface area (Å²) in [6.45, 7) is 5.14. The van der Waals surface area contributed by atoms with Gasteiger partial charge in [-0.3, -0.25) is 4.79 Å². The van der Waals surface area contributed by atoms with Gasteiger partial charge in [0.15, 0.2) is 0 Å². The lowest BCUT2D eigenvalue weighted by atomic mass is 10.1. The van der Waals surface area contributed by atoms with Crippen molar-refractivity contribution in [2.45, 2.75) is 30.9 Å². The molecule has 3 aromatic rings. The standard InChI is InChI=1S/C25H27NO2S/c1-3-20-8-12-23(13-9-20)28-17-16-26-25(27)22-10-6-21(7-11-22)18-29-24-14-4-19(2)5-15-24/h4-15H,3,16-18H2,1-2H3,(H,26,27). The van der Waals surface area contributed by atoms with E-state index in [1.165, 1.54) is 21.6 Å². The summed E-state index contributed by atoms with van der Waals surface area (Å²) in [4.78, 5) is 13.5. The van der Waals surface area contributed by atoms with Gasteiger partial charge >= 0.3 is 0 Å². The van der Waals surface area contributed by atoms with Crippen LogP contribution in [-0.2, 0) is 12.2 Å². The molecule has 0 radical (unpaired) electrons. The second kappa shape index (κ2) is 10.7. The number of thioether (sulfide) groups is 1. The van der Waals surface area contributed by atoms with Gasteiger partial charge in [0.1, 0.15) is 12.4 Å². The van der Waals surface area contributed by atoms with E-state index in [9.17, 15) is 4.79 Å². The van der Waals surface area contributed by atoms with Crippen LogP contribution in [0.15, 0.2) is 77.7 Å². The number of hydrogen-bond donors (Lipinski definition) is 1. The Morgan fingerprint density at radius 1 is 0.897 bits per heavy atom. The van der Waals surface area contributed by atoms with Crippen LogP contribution in [0.25, 0.3) is 0 Å². The molecule has 0 aliphatic rings. The fourth-order valence-corrected chi connectivity index (χ4v) is 3.66. The van der Waals surface area contributed by atoms with Crippen molar-refractivity contribution in [1.29, 1.82) is 0 Å². The predicted molar refractivity (Wildman–Crippen MR) is 121 cm³/mol. The summed E-state index contributed by atoms with van der Waals surface area (Å²) in [5, 5.41) is 2.91. The Kier molecular flexibility index (Phi) is 7.77. The minimum atomic E-state index is -0.0762. The van der Waals surface area contributed by atoms with Crippen LogP contribution in [0, 0.1) is 6.92 Å². The molecule has 0 aromatic heterocycles. The SMILES string of the molecule is CCc1ccc(OCCNC(=O)c2ccc(CSc3ccc(C)cc3)cc2)cc1. The van der Waals surface area contributed by atoms with Gasteiger partial charge in [-0.1, -0.05) is 48.9 Å². The van der Waals surface area contributed by atoms with Crippen molar-refractivity contribution in [2.24, 2.45) is 0 Å². The highest BCUT2D eigenvalue weighted by Gasteiger charge is 2.05. The van der Waals surface area contributed by atoms with Crippen LogP contribution in [0.2, 0.25) is 0 Å². The summed E-state index contributed by atoms with van der Waals surface area (Å²) >= 11 is 1.80. The first kappa shape index (κ1) is 21.0. The van der Waals surface area contributed by atoms with Crippen molar-refractivity contribution >= 4 is 17.7 Å². The Morgan fingerprint density at radius 3 is 2.21 bits per heavy atom. The molecule has 150 valence electrons. The van der Waals surface area contributed by atoms with Crippen molar-refractivity contribution in [1.82, 2.24) is 5.32 Å². The highest BCUT2D eigenvalue weighted by atomic mass is 32.2. The van der Waals surface area contributed by atoms with E-state index in [1.54, 1.807) is 11.8 Å². The van der Waals surface area contributed by atoms with Gasteiger partial charge in [-0.05, 0) is 60.9 Å². The smallest absolute Gasteiger partial charge is 0.251 e. The molecule has 0 bridgehead atoms. The highest BCUT2D eigenvalue weighted by Crippen LogP contribution is 2.23. The molecule has 0 aliphatic heterocycles. The van der Waals surface area contributed by atoms with Crippen molar-refractivity contribution in [3.05, 3.63) is 95.1 Å². The minimum absolute atomic E-state index is 0.0762. The van der Waals surface area contributed by atoms with E-state index in [-0.39, 0.29) is 5.91 Å². The molecule has 0 fully saturated rings. The molecule has 3 aromatic carbocycles. The molecule has 3 rings (SSSR count). The second-order valence-electron chi connectivity index (χ2n) is 6.90. The molecule has 1 amide bonds. The molecule has 0 atom stereocenters. The lowest BCUT2D eigenvalue weighted by Gasteiger charge is -2.09. The third kappa shape index (κ3) is 6.68. The molecule has 1 N–H and O–H groups in total. The Morgan fingerprint density at radius 2 is 1.55 bits per heavy atom. The Hall–Kier alpha value is -2.72. The van der Waals surface area contributed by atoms with E-state index in [0.29, 0.717) is 18.7 Å². The van der Waals surface area contributed by atoms with Crippen molar-refractivity contribution in [3.8, 4) is 5.75 Å². The number of aryl methyl sites for hydroxylation is 2. The number of rotatable bonds is 9. The first-order valence-corrected chi connectivity index (χ1v) is 10.9. The van der Waals surface area contributed by atoms with Crippen LogP contribution in [-0.4, -0.2) is 19.1 Å². The van der Waals surface area contributed by atoms with Gasteiger partial charge in [0, 0.05) is 16.2 Å². The molecular formula is C25H27NO2S. The number of ether oxygens (including phenoxy) is 1. The zero-order valence-corrected chi connectivity index (χ0v) is 17.8. The summed E-state index contributed by atoms with van der Waals surface area (Å²) in [5.41, 5.74) is 4.42. The number of hydrogen-bond acceptors (Lipinski definition) is 3. The lowest BCUT2D eigenvalue weighted by molar-refractivity contribution is 0.0947. The van der Waals surface area contributed by atoms with Crippen LogP contribution in [0.1, 0.15) is 34.0 Å². The van der Waals surface area contributed by atoms with Gasteiger partial charge in [-0.25, -0.2) is 0 Å². The van der Waals surface area contributed by atoms with Gasteiger partial charge in [0.2, 0.25) is 0 Å². The van der Waals surface area contributed by atoms with E-state index in [2.05, 4.69) is 55.6 Å². The second-order valence-corrected chi connectivity index (χ2v) is 7.95. The molecule has 29 heavy (non-hydrogen) atoms. The lowest BCUT2D eigenvalue weighted by Crippen LogP contribution is -2.28. The zero-order valence-electron chi connectivity index (χ0n) is 17.0. The number of carbonyl (C=O) groups excluding carboxylic acids is 1. The summed E-state index contributed by atoms with van der Waals surface area (Å²) in [6, 6.07) is 24.4. The Labute approximate surface area is 177 Å². The molecule has 3 nitrogen and oxygen atoms in total. The number of carbonyl (C=O) groups is 1. The largest absolute Gasteiger partial charge is 0.492 e. The molecule has 4 heteroatoms. The quantitative estimate of drug-likeness (QED) is 0.369. The topological polar surface area (TPSA) is 38.3 Å². The van der Waals surface area contributed by atoms with Gasteiger partial charge in [0.05, 0.1) is 6.54 Å². The maximum absolute atomic E-state index is 12.3. The minimum Gasteiger partial charge on any atom is -0.492 e. The average Bonchev–Trinajstić information content (AvgIpc) is 2.77. The van der Waals surface area contributed by atoms with Crippen LogP contribution >= 0.6 is 11.8 Å². The number of amides is 1. The van der Waals surface area contributed by atoms with E-state index >= 15 is 0 Å². The molecule has 0 unspecified atom stereocenters. The molecule has 0 spiro atoms. The third-order valence-electron chi connectivity index (χ3n) is 4.63. The molecule has 0 saturated heterocycles. The summed E-state index contributed by atoms with van der Waals surface area (Å²) < 4.78 is 5.67. The van der Waals surface area contributed by atoms with Crippen LogP contribution in [0.5, 0.6) is 5.75 Å². The van der Waals surface area contributed by atoms with E-state index in [1.807, 2.05) is 36.4 Å². The van der Waals surface area contributed by atoms with E-state index in [0.717, 1.165) is 17.9 Å². The van der Waals surface area contributed by atoms with Gasteiger partial charge in [0.25, 0.3) is 5.91 Å². The van der Waals surface area contributed by atoms with Gasteiger partial charge < -0.3 is 10.1 Å². The number of benzene rings is 3. The molecular weight excluding hydrogens is 378 g/mol. The third-order valence-corrected chi connectivity index (χ3v) is 5.71. The zero-order chi connectivity index (χ0) is 20.5.